The Morgan fingerprint density at radius 1 is 0.760 bits per heavy atom. The number of hydrogen-bond acceptors (Lipinski definition) is 0. The number of hydrogen-bond donors (Lipinski definition) is 0. The molecule has 0 aliphatic rings. The zero-order chi connectivity index (χ0) is 16.6. The Hall–Kier alpha value is -1.08. The van der Waals surface area contributed by atoms with Crippen molar-refractivity contribution in [3.05, 3.63) is 68.8 Å². The Kier molecular flexibility index (Phi) is 10.6. The van der Waals surface area contributed by atoms with Crippen molar-refractivity contribution in [1.29, 1.82) is 0 Å². The van der Waals surface area contributed by atoms with Crippen LogP contribution in [0.2, 0.25) is 0 Å². The molecule has 0 heterocycles. The van der Waals surface area contributed by atoms with Gasteiger partial charge in [0.15, 0.2) is 0 Å². The molecule has 0 aliphatic heterocycles. The van der Waals surface area contributed by atoms with Crippen LogP contribution < -0.4 is 9.41 Å². The average Bonchev–Trinajstić information content (AvgIpc) is 2.90. The summed E-state index contributed by atoms with van der Waals surface area (Å²) >= 11 is 0. The Morgan fingerprint density at radius 2 is 1.24 bits per heavy atom. The SMILES string of the molecule is Cc1c(C)c(C)[c-](C)c1C.Cc1cc(C)c2cc(C)[cH-]c2c1.[F-].[F-].[Zr+4]. The van der Waals surface area contributed by atoms with Crippen molar-refractivity contribution in [1.82, 2.24) is 0 Å². The second kappa shape index (κ2) is 10.2. The van der Waals surface area contributed by atoms with Crippen LogP contribution in [0.25, 0.3) is 10.8 Å². The van der Waals surface area contributed by atoms with Gasteiger partial charge in [-0.05, 0) is 13.8 Å². The maximum atomic E-state index is 2.25. The molecule has 3 aromatic carbocycles. The van der Waals surface area contributed by atoms with Gasteiger partial charge in [0, 0.05) is 0 Å². The van der Waals surface area contributed by atoms with E-state index in [9.17, 15) is 0 Å². The third-order valence-electron chi connectivity index (χ3n) is 5.13. The molecular weight excluding hydrogens is 393 g/mol. The first-order valence-corrected chi connectivity index (χ1v) is 8.06. The van der Waals surface area contributed by atoms with Gasteiger partial charge in [0.2, 0.25) is 0 Å². The molecule has 0 nitrogen and oxygen atoms in total. The molecule has 0 bridgehead atoms. The molecule has 25 heavy (non-hydrogen) atoms. The van der Waals surface area contributed by atoms with E-state index in [1.54, 1.807) is 0 Å². The van der Waals surface area contributed by atoms with Crippen LogP contribution in [0.3, 0.4) is 0 Å². The van der Waals surface area contributed by atoms with Crippen LogP contribution in [0, 0.1) is 55.4 Å². The number of rotatable bonds is 0. The van der Waals surface area contributed by atoms with Crippen LogP contribution in [-0.4, -0.2) is 0 Å². The van der Waals surface area contributed by atoms with Gasteiger partial charge in [-0.25, -0.2) is 0 Å². The smallest absolute Gasteiger partial charge is 1.00 e. The fourth-order valence-corrected chi connectivity index (χ4v) is 3.25. The van der Waals surface area contributed by atoms with E-state index in [4.69, 9.17) is 0 Å². The van der Waals surface area contributed by atoms with Crippen LogP contribution in [0.15, 0.2) is 24.3 Å². The van der Waals surface area contributed by atoms with Crippen molar-refractivity contribution < 1.29 is 35.6 Å². The quantitative estimate of drug-likeness (QED) is 0.462. The Balaban J connectivity index is 0. The third kappa shape index (κ3) is 5.45. The molecule has 3 heteroatoms. The van der Waals surface area contributed by atoms with E-state index in [0.29, 0.717) is 0 Å². The van der Waals surface area contributed by atoms with E-state index in [-0.39, 0.29) is 35.6 Å². The molecule has 0 atom stereocenters. The third-order valence-corrected chi connectivity index (χ3v) is 5.13. The Bertz CT molecular complexity index is 742. The van der Waals surface area contributed by atoms with E-state index >= 15 is 0 Å². The van der Waals surface area contributed by atoms with Crippen LogP contribution in [-0.2, 0) is 26.2 Å². The predicted molar refractivity (Wildman–Crippen MR) is 99.5 cm³/mol. The molecule has 0 N–H and O–H groups in total. The van der Waals surface area contributed by atoms with Crippen molar-refractivity contribution in [2.75, 3.05) is 0 Å². The molecule has 0 fully saturated rings. The first kappa shape index (κ1) is 26.2. The van der Waals surface area contributed by atoms with Crippen molar-refractivity contribution in [2.45, 2.75) is 55.4 Å². The first-order chi connectivity index (χ1) is 10.2. The van der Waals surface area contributed by atoms with Crippen LogP contribution in [0.4, 0.5) is 0 Å². The molecular formula is C22H28F2Zr. The van der Waals surface area contributed by atoms with Gasteiger partial charge in [0.05, 0.1) is 0 Å². The summed E-state index contributed by atoms with van der Waals surface area (Å²) in [6, 6.07) is 8.98. The summed E-state index contributed by atoms with van der Waals surface area (Å²) in [5.74, 6) is 0. The van der Waals surface area contributed by atoms with Gasteiger partial charge in [-0.2, -0.15) is 33.9 Å². The van der Waals surface area contributed by atoms with E-state index in [2.05, 4.69) is 79.7 Å². The Labute approximate surface area is 170 Å². The monoisotopic (exact) mass is 420 g/mol. The molecule has 0 aliphatic carbocycles. The standard InChI is InChI=1S/C12H13.C10H15.2FH.Zr/c1-8-4-10(3)12-7-9(2)6-11(12)5-8;1-6-7(2)9(4)10(5)8(6)3;;;/h4-7H,1-3H3;1-5H3;2*1H;/q2*-1;;;+4/p-2. The van der Waals surface area contributed by atoms with E-state index in [1.807, 2.05) is 0 Å². The van der Waals surface area contributed by atoms with E-state index in [1.165, 1.54) is 55.3 Å². The van der Waals surface area contributed by atoms with Crippen molar-refractivity contribution >= 4 is 10.8 Å². The summed E-state index contributed by atoms with van der Waals surface area (Å²) in [5.41, 5.74) is 11.4. The second-order valence-corrected chi connectivity index (χ2v) is 6.74. The van der Waals surface area contributed by atoms with Crippen LogP contribution >= 0.6 is 0 Å². The van der Waals surface area contributed by atoms with E-state index < -0.39 is 0 Å². The van der Waals surface area contributed by atoms with E-state index in [0.717, 1.165) is 0 Å². The van der Waals surface area contributed by atoms with Gasteiger partial charge in [-0.1, -0.05) is 58.7 Å². The van der Waals surface area contributed by atoms with Crippen LogP contribution in [0.1, 0.15) is 44.5 Å². The number of aryl methyl sites for hydroxylation is 3. The maximum Gasteiger partial charge on any atom is 4.00 e. The largest absolute Gasteiger partial charge is 4.00 e. The van der Waals surface area contributed by atoms with Gasteiger partial charge in [0.25, 0.3) is 0 Å². The van der Waals surface area contributed by atoms with Crippen LogP contribution in [0.5, 0.6) is 0 Å². The van der Waals surface area contributed by atoms with Gasteiger partial charge in [-0.15, -0.1) is 28.5 Å². The fourth-order valence-electron chi connectivity index (χ4n) is 3.25. The van der Waals surface area contributed by atoms with Crippen molar-refractivity contribution in [3.63, 3.8) is 0 Å². The van der Waals surface area contributed by atoms with Crippen molar-refractivity contribution in [3.8, 4) is 0 Å². The molecule has 0 aromatic heterocycles. The summed E-state index contributed by atoms with van der Waals surface area (Å²) in [7, 11) is 0. The molecule has 0 saturated heterocycles. The summed E-state index contributed by atoms with van der Waals surface area (Å²) in [6.45, 7) is 17.5. The molecule has 134 valence electrons. The fraction of sp³-hybridized carbons (Fsp3) is 0.364. The minimum atomic E-state index is 0. The predicted octanol–water partition coefficient (Wildman–Crippen LogP) is 0.437. The summed E-state index contributed by atoms with van der Waals surface area (Å²) in [6.07, 6.45) is 0. The normalized spacial score (nSPS) is 9.44. The topological polar surface area (TPSA) is 0 Å². The number of fused-ring (bicyclic) bond motifs is 1. The zero-order valence-electron chi connectivity index (χ0n) is 16.6. The number of benzene rings is 1. The molecule has 0 amide bonds. The maximum absolute atomic E-state index is 2.25. The molecule has 0 saturated carbocycles. The minimum Gasteiger partial charge on any atom is -1.00 e. The molecule has 0 radical (unpaired) electrons. The van der Waals surface area contributed by atoms with Gasteiger partial charge < -0.3 is 9.41 Å². The summed E-state index contributed by atoms with van der Waals surface area (Å²) < 4.78 is 0. The van der Waals surface area contributed by atoms with Gasteiger partial charge in [-0.3, -0.25) is 0 Å². The first-order valence-electron chi connectivity index (χ1n) is 8.06. The molecule has 0 spiro atoms. The summed E-state index contributed by atoms with van der Waals surface area (Å²) in [4.78, 5) is 0. The second-order valence-electron chi connectivity index (χ2n) is 6.74. The summed E-state index contributed by atoms with van der Waals surface area (Å²) in [5, 5.41) is 2.78. The molecule has 3 rings (SSSR count). The molecule has 3 aromatic rings. The van der Waals surface area contributed by atoms with Crippen molar-refractivity contribution in [2.24, 2.45) is 0 Å². The Morgan fingerprint density at radius 3 is 1.64 bits per heavy atom. The average molecular weight is 422 g/mol. The minimum absolute atomic E-state index is 0. The van der Waals surface area contributed by atoms with Gasteiger partial charge >= 0.3 is 26.2 Å². The molecule has 0 unspecified atom stereocenters. The van der Waals surface area contributed by atoms with Gasteiger partial charge in [0.1, 0.15) is 0 Å². The number of halogens is 2. The zero-order valence-corrected chi connectivity index (χ0v) is 19.0.